The highest BCUT2D eigenvalue weighted by molar-refractivity contribution is 5.51. The summed E-state index contributed by atoms with van der Waals surface area (Å²) in [6.07, 6.45) is 3.52. The van der Waals surface area contributed by atoms with Crippen LogP contribution in [0.1, 0.15) is 12.8 Å². The average molecular weight is 159 g/mol. The van der Waals surface area contributed by atoms with Gasteiger partial charge in [-0.2, -0.15) is 0 Å². The number of aldehydes is 1. The van der Waals surface area contributed by atoms with Gasteiger partial charge in [0.05, 0.1) is 6.54 Å². The molecule has 0 aromatic carbocycles. The Morgan fingerprint density at radius 2 is 1.82 bits per heavy atom. The number of nitrogens with zero attached hydrogens (tertiary/aromatic N) is 1. The van der Waals surface area contributed by atoms with Crippen LogP contribution in [0.3, 0.4) is 0 Å². The van der Waals surface area contributed by atoms with Crippen molar-refractivity contribution in [2.45, 2.75) is 12.8 Å². The summed E-state index contributed by atoms with van der Waals surface area (Å²) in [7, 11) is 3.25. The normalized spacial score (nSPS) is 17.3. The Balaban J connectivity index is 0.000000292. The molecule has 66 valence electrons. The molecule has 3 nitrogen and oxygen atoms in total. The van der Waals surface area contributed by atoms with Gasteiger partial charge in [-0.3, -0.25) is 4.90 Å². The lowest BCUT2D eigenvalue weighted by atomic mass is 10.4. The third-order valence-electron chi connectivity index (χ3n) is 1.53. The predicted octanol–water partition coefficient (Wildman–Crippen LogP) is 0.544. The van der Waals surface area contributed by atoms with Crippen molar-refractivity contribution in [2.75, 3.05) is 33.9 Å². The van der Waals surface area contributed by atoms with Crippen molar-refractivity contribution in [2.24, 2.45) is 0 Å². The highest BCUT2D eigenvalue weighted by atomic mass is 16.4. The van der Waals surface area contributed by atoms with Crippen molar-refractivity contribution >= 4 is 6.29 Å². The second kappa shape index (κ2) is 7.69. The van der Waals surface area contributed by atoms with Crippen molar-refractivity contribution in [3.8, 4) is 0 Å². The number of methoxy groups -OCH3 is 1. The monoisotopic (exact) mass is 159 g/mol. The molecular weight excluding hydrogens is 142 g/mol. The summed E-state index contributed by atoms with van der Waals surface area (Å²) in [5, 5.41) is 0. The first kappa shape index (κ1) is 10.6. The van der Waals surface area contributed by atoms with Gasteiger partial charge in [0.2, 0.25) is 0 Å². The van der Waals surface area contributed by atoms with Gasteiger partial charge in [-0.25, -0.2) is 0 Å². The fourth-order valence-corrected chi connectivity index (χ4v) is 1.07. The van der Waals surface area contributed by atoms with Gasteiger partial charge in [-0.15, -0.1) is 0 Å². The van der Waals surface area contributed by atoms with E-state index < -0.39 is 0 Å². The van der Waals surface area contributed by atoms with Crippen molar-refractivity contribution in [1.82, 2.24) is 4.90 Å². The Hall–Kier alpha value is -0.410. The van der Waals surface area contributed by atoms with E-state index in [0.29, 0.717) is 6.54 Å². The molecule has 3 heteroatoms. The summed E-state index contributed by atoms with van der Waals surface area (Å²) in [6.45, 7) is 2.89. The molecule has 1 heterocycles. The highest BCUT2D eigenvalue weighted by Crippen LogP contribution is 2.04. The van der Waals surface area contributed by atoms with Crippen LogP contribution in [-0.4, -0.2) is 45.0 Å². The number of likely N-dealkylation sites (tertiary alicyclic amines) is 1. The molecule has 1 rings (SSSR count). The molecule has 1 saturated heterocycles. The molecule has 0 bridgehead atoms. The molecule has 0 atom stereocenters. The maximum Gasteiger partial charge on any atom is 0.133 e. The zero-order valence-corrected chi connectivity index (χ0v) is 7.38. The molecule has 0 aliphatic carbocycles. The molecule has 11 heavy (non-hydrogen) atoms. The van der Waals surface area contributed by atoms with E-state index in [1.54, 1.807) is 14.2 Å². The summed E-state index contributed by atoms with van der Waals surface area (Å²) in [5.41, 5.74) is 0. The maximum absolute atomic E-state index is 9.92. The molecule has 1 aliphatic rings. The van der Waals surface area contributed by atoms with Gasteiger partial charge in [0, 0.05) is 14.2 Å². The molecule has 1 aliphatic heterocycles. The fourth-order valence-electron chi connectivity index (χ4n) is 1.07. The van der Waals surface area contributed by atoms with E-state index >= 15 is 0 Å². The topological polar surface area (TPSA) is 29.5 Å². The fraction of sp³-hybridized carbons (Fsp3) is 0.875. The van der Waals surface area contributed by atoms with E-state index in [1.165, 1.54) is 12.8 Å². The standard InChI is InChI=1S/C6H11NO.C2H6O/c8-6-5-7-3-1-2-4-7;1-3-2/h6H,1-5H2;1-2H3. The van der Waals surface area contributed by atoms with E-state index in [9.17, 15) is 4.79 Å². The van der Waals surface area contributed by atoms with Gasteiger partial charge in [0.1, 0.15) is 6.29 Å². The molecule has 0 amide bonds. The van der Waals surface area contributed by atoms with Crippen LogP contribution in [0.25, 0.3) is 0 Å². The SMILES string of the molecule is COC.O=CCN1CCCC1. The average Bonchev–Trinajstić information content (AvgIpc) is 2.42. The number of ether oxygens (including phenoxy) is 1. The van der Waals surface area contributed by atoms with Gasteiger partial charge in [-0.1, -0.05) is 0 Å². The maximum atomic E-state index is 9.92. The quantitative estimate of drug-likeness (QED) is 0.551. The van der Waals surface area contributed by atoms with Crippen LogP contribution >= 0.6 is 0 Å². The second-order valence-corrected chi connectivity index (χ2v) is 2.58. The third kappa shape index (κ3) is 6.01. The third-order valence-corrected chi connectivity index (χ3v) is 1.53. The van der Waals surface area contributed by atoms with Crippen molar-refractivity contribution < 1.29 is 9.53 Å². The summed E-state index contributed by atoms with van der Waals surface area (Å²) in [6, 6.07) is 0. The van der Waals surface area contributed by atoms with E-state index in [4.69, 9.17) is 0 Å². The lowest BCUT2D eigenvalue weighted by Gasteiger charge is -2.07. The summed E-state index contributed by atoms with van der Waals surface area (Å²) >= 11 is 0. The number of rotatable bonds is 2. The smallest absolute Gasteiger partial charge is 0.133 e. The van der Waals surface area contributed by atoms with Gasteiger partial charge in [-0.05, 0) is 25.9 Å². The highest BCUT2D eigenvalue weighted by Gasteiger charge is 2.08. The minimum atomic E-state index is 0.639. The zero-order chi connectivity index (χ0) is 8.53. The lowest BCUT2D eigenvalue weighted by Crippen LogP contribution is -2.20. The Labute approximate surface area is 68.3 Å². The minimum absolute atomic E-state index is 0.639. The molecule has 0 spiro atoms. The van der Waals surface area contributed by atoms with Crippen LogP contribution in [0.15, 0.2) is 0 Å². The van der Waals surface area contributed by atoms with E-state index in [1.807, 2.05) is 0 Å². The molecule has 1 fully saturated rings. The van der Waals surface area contributed by atoms with Crippen LogP contribution in [0.5, 0.6) is 0 Å². The number of carbonyl (C=O) groups is 1. The molecule has 0 aromatic heterocycles. The summed E-state index contributed by atoms with van der Waals surface area (Å²) in [5.74, 6) is 0. The van der Waals surface area contributed by atoms with E-state index in [0.717, 1.165) is 19.4 Å². The Bertz CT molecular complexity index is 90.1. The molecule has 0 N–H and O–H groups in total. The molecule has 0 saturated carbocycles. The van der Waals surface area contributed by atoms with Gasteiger partial charge in [0.15, 0.2) is 0 Å². The molecule has 0 radical (unpaired) electrons. The number of hydrogen-bond donors (Lipinski definition) is 0. The van der Waals surface area contributed by atoms with Crippen molar-refractivity contribution in [3.63, 3.8) is 0 Å². The number of hydrogen-bond acceptors (Lipinski definition) is 3. The summed E-state index contributed by atoms with van der Waals surface area (Å²) < 4.78 is 4.25. The van der Waals surface area contributed by atoms with Crippen LogP contribution < -0.4 is 0 Å². The number of carbonyl (C=O) groups excluding carboxylic acids is 1. The Kier molecular flexibility index (Phi) is 7.41. The zero-order valence-electron chi connectivity index (χ0n) is 7.38. The van der Waals surface area contributed by atoms with Gasteiger partial charge >= 0.3 is 0 Å². The Morgan fingerprint density at radius 3 is 2.18 bits per heavy atom. The first-order valence-corrected chi connectivity index (χ1v) is 3.91. The second-order valence-electron chi connectivity index (χ2n) is 2.58. The van der Waals surface area contributed by atoms with E-state index in [2.05, 4.69) is 9.64 Å². The first-order valence-electron chi connectivity index (χ1n) is 3.91. The molecule has 0 unspecified atom stereocenters. The van der Waals surface area contributed by atoms with Gasteiger partial charge in [0.25, 0.3) is 0 Å². The Morgan fingerprint density at radius 1 is 1.36 bits per heavy atom. The first-order chi connectivity index (χ1) is 5.35. The molecular formula is C8H17NO2. The summed E-state index contributed by atoms with van der Waals surface area (Å²) in [4.78, 5) is 12.1. The lowest BCUT2D eigenvalue weighted by molar-refractivity contribution is -0.108. The van der Waals surface area contributed by atoms with Crippen LogP contribution in [-0.2, 0) is 9.53 Å². The van der Waals surface area contributed by atoms with Gasteiger partial charge < -0.3 is 9.53 Å². The minimum Gasteiger partial charge on any atom is -0.388 e. The van der Waals surface area contributed by atoms with Crippen LogP contribution in [0, 0.1) is 0 Å². The van der Waals surface area contributed by atoms with Crippen LogP contribution in [0.4, 0.5) is 0 Å². The predicted molar refractivity (Wildman–Crippen MR) is 44.7 cm³/mol. The van der Waals surface area contributed by atoms with Crippen molar-refractivity contribution in [3.05, 3.63) is 0 Å². The largest absolute Gasteiger partial charge is 0.388 e. The van der Waals surface area contributed by atoms with E-state index in [-0.39, 0.29) is 0 Å². The molecule has 0 aromatic rings. The van der Waals surface area contributed by atoms with Crippen molar-refractivity contribution in [1.29, 1.82) is 0 Å². The van der Waals surface area contributed by atoms with Crippen LogP contribution in [0.2, 0.25) is 0 Å².